The van der Waals surface area contributed by atoms with Crippen molar-refractivity contribution in [3.05, 3.63) is 71.0 Å². The van der Waals surface area contributed by atoms with E-state index in [4.69, 9.17) is 9.47 Å². The molecule has 0 fully saturated rings. The van der Waals surface area contributed by atoms with Crippen molar-refractivity contribution >= 4 is 11.8 Å². The lowest BCUT2D eigenvalue weighted by Gasteiger charge is -2.06. The van der Waals surface area contributed by atoms with E-state index in [0.717, 1.165) is 11.1 Å². The van der Waals surface area contributed by atoms with Crippen molar-refractivity contribution in [2.45, 2.75) is 20.3 Å². The molecule has 0 aromatic heterocycles. The highest BCUT2D eigenvalue weighted by Gasteiger charge is 2.28. The lowest BCUT2D eigenvalue weighted by atomic mass is 10.1. The molecule has 0 radical (unpaired) electrons. The van der Waals surface area contributed by atoms with Crippen molar-refractivity contribution in [2.75, 3.05) is 0 Å². The number of benzene rings is 2. The van der Waals surface area contributed by atoms with Crippen LogP contribution in [0, 0.1) is 0 Å². The largest absolute Gasteiger partial charge is 0.452 e. The van der Waals surface area contributed by atoms with Gasteiger partial charge in [-0.05, 0) is 37.1 Å². The SMILES string of the molecule is CC(C)=C1Oc2cc(OC(=O)Cc3ccccc3)ccc2C1=O. The molecule has 0 saturated heterocycles. The summed E-state index contributed by atoms with van der Waals surface area (Å²) in [4.78, 5) is 24.1. The molecule has 4 nitrogen and oxygen atoms in total. The van der Waals surface area contributed by atoms with E-state index in [-0.39, 0.29) is 18.2 Å². The lowest BCUT2D eigenvalue weighted by molar-refractivity contribution is -0.133. The van der Waals surface area contributed by atoms with E-state index in [0.29, 0.717) is 22.8 Å². The highest BCUT2D eigenvalue weighted by molar-refractivity contribution is 6.12. The van der Waals surface area contributed by atoms with Gasteiger partial charge in [-0.1, -0.05) is 30.3 Å². The van der Waals surface area contributed by atoms with E-state index in [1.807, 2.05) is 44.2 Å². The number of hydrogen-bond acceptors (Lipinski definition) is 4. The van der Waals surface area contributed by atoms with Crippen molar-refractivity contribution < 1.29 is 19.1 Å². The fourth-order valence-electron chi connectivity index (χ4n) is 2.38. The maximum absolute atomic E-state index is 12.1. The average molecular weight is 308 g/mol. The monoisotopic (exact) mass is 308 g/mol. The molecule has 3 rings (SSSR count). The van der Waals surface area contributed by atoms with Crippen LogP contribution in [-0.2, 0) is 11.2 Å². The van der Waals surface area contributed by atoms with Gasteiger partial charge in [0.15, 0.2) is 5.76 Å². The number of hydrogen-bond donors (Lipinski definition) is 0. The molecule has 0 atom stereocenters. The van der Waals surface area contributed by atoms with Gasteiger partial charge in [0.2, 0.25) is 5.78 Å². The van der Waals surface area contributed by atoms with Gasteiger partial charge < -0.3 is 9.47 Å². The Balaban J connectivity index is 1.74. The third kappa shape index (κ3) is 3.16. The fourth-order valence-corrected chi connectivity index (χ4v) is 2.38. The number of ether oxygens (including phenoxy) is 2. The number of rotatable bonds is 3. The van der Waals surface area contributed by atoms with Gasteiger partial charge in [-0.15, -0.1) is 0 Å². The minimum Gasteiger partial charge on any atom is -0.452 e. The number of Topliss-reactive ketones (excluding diaryl/α,β-unsaturated/α-hetero) is 1. The Labute approximate surface area is 134 Å². The number of ketones is 1. The normalized spacial score (nSPS) is 12.6. The van der Waals surface area contributed by atoms with Crippen LogP contribution >= 0.6 is 0 Å². The van der Waals surface area contributed by atoms with Gasteiger partial charge in [0.25, 0.3) is 0 Å². The summed E-state index contributed by atoms with van der Waals surface area (Å²) >= 11 is 0. The predicted molar refractivity (Wildman–Crippen MR) is 85.6 cm³/mol. The molecule has 0 aliphatic carbocycles. The van der Waals surface area contributed by atoms with Gasteiger partial charge in [-0.3, -0.25) is 9.59 Å². The predicted octanol–water partition coefficient (Wildman–Crippen LogP) is 3.70. The van der Waals surface area contributed by atoms with E-state index in [9.17, 15) is 9.59 Å². The summed E-state index contributed by atoms with van der Waals surface area (Å²) in [5.74, 6) is 0.640. The topological polar surface area (TPSA) is 52.6 Å². The summed E-state index contributed by atoms with van der Waals surface area (Å²) in [5.41, 5.74) is 2.19. The summed E-state index contributed by atoms with van der Waals surface area (Å²) in [5, 5.41) is 0. The Morgan fingerprint density at radius 1 is 1.09 bits per heavy atom. The molecule has 23 heavy (non-hydrogen) atoms. The average Bonchev–Trinajstić information content (AvgIpc) is 2.85. The molecule has 4 heteroatoms. The van der Waals surface area contributed by atoms with Gasteiger partial charge in [0.1, 0.15) is 11.5 Å². The number of carbonyl (C=O) groups is 2. The first kappa shape index (κ1) is 15.0. The van der Waals surface area contributed by atoms with Crippen LogP contribution in [0.3, 0.4) is 0 Å². The Morgan fingerprint density at radius 2 is 1.83 bits per heavy atom. The molecule has 0 amide bonds. The number of fused-ring (bicyclic) bond motifs is 1. The van der Waals surface area contributed by atoms with Crippen LogP contribution in [-0.4, -0.2) is 11.8 Å². The van der Waals surface area contributed by atoms with Crippen molar-refractivity contribution in [1.82, 2.24) is 0 Å². The Kier molecular flexibility index (Phi) is 3.98. The van der Waals surface area contributed by atoms with Crippen molar-refractivity contribution in [1.29, 1.82) is 0 Å². The van der Waals surface area contributed by atoms with Crippen molar-refractivity contribution in [3.8, 4) is 11.5 Å². The quantitative estimate of drug-likeness (QED) is 0.493. The third-order valence-electron chi connectivity index (χ3n) is 3.49. The minimum absolute atomic E-state index is 0.137. The molecular weight excluding hydrogens is 292 g/mol. The van der Waals surface area contributed by atoms with Crippen molar-refractivity contribution in [3.63, 3.8) is 0 Å². The molecule has 1 heterocycles. The first-order valence-electron chi connectivity index (χ1n) is 7.33. The molecule has 1 aliphatic rings. The molecule has 116 valence electrons. The zero-order valence-corrected chi connectivity index (χ0v) is 13.0. The fraction of sp³-hybridized carbons (Fsp3) is 0.158. The highest BCUT2D eigenvalue weighted by atomic mass is 16.5. The summed E-state index contributed by atoms with van der Waals surface area (Å²) in [6.45, 7) is 3.64. The summed E-state index contributed by atoms with van der Waals surface area (Å²) < 4.78 is 10.9. The lowest BCUT2D eigenvalue weighted by Crippen LogP contribution is -2.11. The second kappa shape index (κ2) is 6.08. The van der Waals surface area contributed by atoms with E-state index < -0.39 is 0 Å². The van der Waals surface area contributed by atoms with Gasteiger partial charge in [0, 0.05) is 6.07 Å². The van der Waals surface area contributed by atoms with Gasteiger partial charge in [-0.2, -0.15) is 0 Å². The molecular formula is C19H16O4. The first-order valence-corrected chi connectivity index (χ1v) is 7.33. The van der Waals surface area contributed by atoms with E-state index >= 15 is 0 Å². The standard InChI is InChI=1S/C19H16O4/c1-12(2)19-18(21)15-9-8-14(11-16(15)23-19)22-17(20)10-13-6-4-3-5-7-13/h3-9,11H,10H2,1-2H3. The van der Waals surface area contributed by atoms with E-state index in [1.165, 1.54) is 0 Å². The zero-order valence-electron chi connectivity index (χ0n) is 13.0. The Morgan fingerprint density at radius 3 is 2.52 bits per heavy atom. The van der Waals surface area contributed by atoms with E-state index in [1.54, 1.807) is 18.2 Å². The Bertz CT molecular complexity index is 799. The van der Waals surface area contributed by atoms with Crippen molar-refractivity contribution in [2.24, 2.45) is 0 Å². The summed E-state index contributed by atoms with van der Waals surface area (Å²) in [6, 6.07) is 14.2. The molecule has 0 unspecified atom stereocenters. The van der Waals surface area contributed by atoms with Crippen LogP contribution in [0.4, 0.5) is 0 Å². The van der Waals surface area contributed by atoms with Crippen LogP contribution < -0.4 is 9.47 Å². The third-order valence-corrected chi connectivity index (χ3v) is 3.49. The second-order valence-electron chi connectivity index (χ2n) is 5.55. The molecule has 2 aromatic rings. The van der Waals surface area contributed by atoms with Crippen LogP contribution in [0.1, 0.15) is 29.8 Å². The summed E-state index contributed by atoms with van der Waals surface area (Å²) in [7, 11) is 0. The summed E-state index contributed by atoms with van der Waals surface area (Å²) in [6.07, 6.45) is 0.191. The molecule has 0 N–H and O–H groups in total. The van der Waals surface area contributed by atoms with Crippen LogP contribution in [0.15, 0.2) is 59.9 Å². The van der Waals surface area contributed by atoms with Gasteiger partial charge in [-0.25, -0.2) is 0 Å². The number of esters is 1. The molecule has 2 aromatic carbocycles. The molecule has 0 saturated carbocycles. The highest BCUT2D eigenvalue weighted by Crippen LogP contribution is 2.35. The molecule has 0 bridgehead atoms. The van der Waals surface area contributed by atoms with Crippen LogP contribution in [0.5, 0.6) is 11.5 Å². The van der Waals surface area contributed by atoms with Crippen LogP contribution in [0.2, 0.25) is 0 Å². The number of allylic oxidation sites excluding steroid dienone is 2. The van der Waals surface area contributed by atoms with Gasteiger partial charge >= 0.3 is 5.97 Å². The van der Waals surface area contributed by atoms with Crippen LogP contribution in [0.25, 0.3) is 0 Å². The number of carbonyl (C=O) groups excluding carboxylic acids is 2. The molecule has 1 aliphatic heterocycles. The molecule has 0 spiro atoms. The smallest absolute Gasteiger partial charge is 0.315 e. The minimum atomic E-state index is -0.358. The zero-order chi connectivity index (χ0) is 16.4. The first-order chi connectivity index (χ1) is 11.0. The maximum Gasteiger partial charge on any atom is 0.315 e. The Hall–Kier alpha value is -2.88. The maximum atomic E-state index is 12.1. The van der Waals surface area contributed by atoms with Gasteiger partial charge in [0.05, 0.1) is 12.0 Å². The second-order valence-corrected chi connectivity index (χ2v) is 5.55. The van der Waals surface area contributed by atoms with E-state index in [2.05, 4.69) is 0 Å².